The number of benzene rings is 2. The van der Waals surface area contributed by atoms with Crippen molar-refractivity contribution in [2.45, 2.75) is 117 Å². The molecule has 0 aromatic heterocycles. The summed E-state index contributed by atoms with van der Waals surface area (Å²) < 4.78 is 5.54. The van der Waals surface area contributed by atoms with Gasteiger partial charge in [0.15, 0.2) is 0 Å². The van der Waals surface area contributed by atoms with E-state index in [1.54, 1.807) is 0 Å². The zero-order valence-corrected chi connectivity index (χ0v) is 21.9. The Morgan fingerprint density at radius 3 is 1.76 bits per heavy atom. The molecule has 1 unspecified atom stereocenters. The van der Waals surface area contributed by atoms with Crippen LogP contribution < -0.4 is 10.1 Å². The van der Waals surface area contributed by atoms with Gasteiger partial charge in [-0.2, -0.15) is 0 Å². The van der Waals surface area contributed by atoms with Crippen molar-refractivity contribution >= 4 is 11.7 Å². The normalized spacial score (nSPS) is 11.9. The van der Waals surface area contributed by atoms with Crippen LogP contribution in [0.5, 0.6) is 5.75 Å². The molecule has 2 aromatic rings. The summed E-state index contributed by atoms with van der Waals surface area (Å²) in [6, 6.07) is 16.0. The largest absolute Gasteiger partial charge is 0.423 e. The molecular formula is C31H47NO2. The quantitative estimate of drug-likeness (QED) is 0.135. The predicted molar refractivity (Wildman–Crippen MR) is 146 cm³/mol. The molecule has 0 bridgehead atoms. The summed E-state index contributed by atoms with van der Waals surface area (Å²) in [5, 5.41) is 3.75. The molecule has 0 heterocycles. The highest BCUT2D eigenvalue weighted by atomic mass is 16.5. The molecule has 0 saturated carbocycles. The first-order valence-corrected chi connectivity index (χ1v) is 13.8. The second-order valence-electron chi connectivity index (χ2n) is 9.56. The number of anilines is 1. The highest BCUT2D eigenvalue weighted by Crippen LogP contribution is 2.20. The SMILES string of the molecule is CCCCCCCCC(CCCCCCC)Nc1ccc(C(=O)Oc2ccc(CC)cc2)cc1. The van der Waals surface area contributed by atoms with Gasteiger partial charge < -0.3 is 10.1 Å². The number of carbonyl (C=O) groups is 1. The van der Waals surface area contributed by atoms with E-state index in [1.807, 2.05) is 48.5 Å². The van der Waals surface area contributed by atoms with Crippen molar-refractivity contribution in [2.24, 2.45) is 0 Å². The molecule has 0 fully saturated rings. The summed E-state index contributed by atoms with van der Waals surface area (Å²) in [6.07, 6.45) is 18.0. The molecule has 0 spiro atoms. The third-order valence-electron chi connectivity index (χ3n) is 6.60. The Morgan fingerprint density at radius 2 is 1.24 bits per heavy atom. The van der Waals surface area contributed by atoms with Crippen molar-refractivity contribution in [1.82, 2.24) is 0 Å². The molecule has 34 heavy (non-hydrogen) atoms. The lowest BCUT2D eigenvalue weighted by atomic mass is 10.00. The van der Waals surface area contributed by atoms with Gasteiger partial charge in [0.05, 0.1) is 5.56 Å². The first-order valence-electron chi connectivity index (χ1n) is 13.8. The Labute approximate surface area is 208 Å². The van der Waals surface area contributed by atoms with Gasteiger partial charge in [-0.05, 0) is 61.2 Å². The minimum atomic E-state index is -0.310. The molecule has 2 rings (SSSR count). The molecule has 0 saturated heterocycles. The zero-order chi connectivity index (χ0) is 24.4. The molecule has 0 radical (unpaired) electrons. The number of unbranched alkanes of at least 4 members (excludes halogenated alkanes) is 9. The highest BCUT2D eigenvalue weighted by molar-refractivity contribution is 5.91. The van der Waals surface area contributed by atoms with Gasteiger partial charge in [0, 0.05) is 11.7 Å². The molecule has 188 valence electrons. The van der Waals surface area contributed by atoms with Crippen LogP contribution in [0.3, 0.4) is 0 Å². The smallest absolute Gasteiger partial charge is 0.343 e. The third-order valence-corrected chi connectivity index (χ3v) is 6.60. The number of nitrogens with one attached hydrogen (secondary N) is 1. The number of esters is 1. The van der Waals surface area contributed by atoms with E-state index in [9.17, 15) is 4.79 Å². The van der Waals surface area contributed by atoms with Crippen molar-refractivity contribution in [3.8, 4) is 5.75 Å². The summed E-state index contributed by atoms with van der Waals surface area (Å²) in [7, 11) is 0. The topological polar surface area (TPSA) is 38.3 Å². The lowest BCUT2D eigenvalue weighted by molar-refractivity contribution is 0.0735. The van der Waals surface area contributed by atoms with Gasteiger partial charge in [0.25, 0.3) is 0 Å². The van der Waals surface area contributed by atoms with Gasteiger partial charge in [-0.15, -0.1) is 0 Å². The van der Waals surface area contributed by atoms with Gasteiger partial charge in [-0.1, -0.05) is 104 Å². The molecular weight excluding hydrogens is 418 g/mol. The van der Waals surface area contributed by atoms with Crippen LogP contribution in [0.25, 0.3) is 0 Å². The van der Waals surface area contributed by atoms with Crippen molar-refractivity contribution < 1.29 is 9.53 Å². The number of ether oxygens (including phenoxy) is 1. The number of hydrogen-bond donors (Lipinski definition) is 1. The summed E-state index contributed by atoms with van der Waals surface area (Å²) in [4.78, 5) is 12.5. The van der Waals surface area contributed by atoms with E-state index in [-0.39, 0.29) is 5.97 Å². The Balaban J connectivity index is 1.86. The molecule has 0 amide bonds. The lowest BCUT2D eigenvalue weighted by Crippen LogP contribution is -2.19. The van der Waals surface area contributed by atoms with E-state index < -0.39 is 0 Å². The fraction of sp³-hybridized carbons (Fsp3) is 0.581. The Morgan fingerprint density at radius 1 is 0.706 bits per heavy atom. The third kappa shape index (κ3) is 11.2. The standard InChI is InChI=1S/C31H47NO2/c1-4-7-9-11-13-15-17-28(16-14-12-10-8-5-2)32-29-22-20-27(21-23-29)31(33)34-30-24-18-26(6-3)19-25-30/h18-25,28,32H,4-17H2,1-3H3. The van der Waals surface area contributed by atoms with Gasteiger partial charge in [0.2, 0.25) is 0 Å². The molecule has 1 N–H and O–H groups in total. The fourth-order valence-electron chi connectivity index (χ4n) is 4.35. The van der Waals surface area contributed by atoms with Crippen molar-refractivity contribution in [2.75, 3.05) is 5.32 Å². The Bertz CT molecular complexity index is 782. The minimum Gasteiger partial charge on any atom is -0.423 e. The number of aryl methyl sites for hydroxylation is 1. The molecule has 1 atom stereocenters. The average Bonchev–Trinajstić information content (AvgIpc) is 2.86. The van der Waals surface area contributed by atoms with Crippen LogP contribution in [-0.2, 0) is 6.42 Å². The van der Waals surface area contributed by atoms with Gasteiger partial charge in [0.1, 0.15) is 5.75 Å². The maximum atomic E-state index is 12.5. The highest BCUT2D eigenvalue weighted by Gasteiger charge is 2.11. The van der Waals surface area contributed by atoms with E-state index >= 15 is 0 Å². The molecule has 3 heteroatoms. The van der Waals surface area contributed by atoms with Gasteiger partial charge in [-0.25, -0.2) is 4.79 Å². The zero-order valence-electron chi connectivity index (χ0n) is 21.9. The Kier molecular flexibility index (Phi) is 14.1. The van der Waals surface area contributed by atoms with Crippen LogP contribution in [0.4, 0.5) is 5.69 Å². The summed E-state index contributed by atoms with van der Waals surface area (Å²) >= 11 is 0. The molecule has 0 aliphatic carbocycles. The number of carbonyl (C=O) groups excluding carboxylic acids is 1. The Hall–Kier alpha value is -2.29. The molecule has 0 aliphatic heterocycles. The van der Waals surface area contributed by atoms with Crippen molar-refractivity contribution in [3.05, 3.63) is 59.7 Å². The first-order chi connectivity index (χ1) is 16.7. The fourth-order valence-corrected chi connectivity index (χ4v) is 4.35. The van der Waals surface area contributed by atoms with Crippen LogP contribution in [0.2, 0.25) is 0 Å². The summed E-state index contributed by atoms with van der Waals surface area (Å²) in [6.45, 7) is 6.65. The molecule has 3 nitrogen and oxygen atoms in total. The van der Waals surface area contributed by atoms with Crippen LogP contribution in [0, 0.1) is 0 Å². The first kappa shape index (κ1) is 28.0. The van der Waals surface area contributed by atoms with Gasteiger partial charge >= 0.3 is 5.97 Å². The van der Waals surface area contributed by atoms with E-state index in [4.69, 9.17) is 4.74 Å². The number of rotatable bonds is 18. The summed E-state index contributed by atoms with van der Waals surface area (Å²) in [5.74, 6) is 0.279. The van der Waals surface area contributed by atoms with Crippen LogP contribution in [0.1, 0.15) is 120 Å². The van der Waals surface area contributed by atoms with Crippen molar-refractivity contribution in [3.63, 3.8) is 0 Å². The predicted octanol–water partition coefficient (Wildman–Crippen LogP) is 9.36. The van der Waals surface area contributed by atoms with E-state index in [0.717, 1.165) is 12.1 Å². The molecule has 0 aliphatic rings. The van der Waals surface area contributed by atoms with Crippen molar-refractivity contribution in [1.29, 1.82) is 0 Å². The minimum absolute atomic E-state index is 0.310. The monoisotopic (exact) mass is 465 g/mol. The van der Waals surface area contributed by atoms with E-state index in [1.165, 1.54) is 89.0 Å². The number of hydrogen-bond acceptors (Lipinski definition) is 3. The van der Waals surface area contributed by atoms with Crippen LogP contribution in [-0.4, -0.2) is 12.0 Å². The second-order valence-corrected chi connectivity index (χ2v) is 9.56. The summed E-state index contributed by atoms with van der Waals surface area (Å²) in [5.41, 5.74) is 2.90. The average molecular weight is 466 g/mol. The van der Waals surface area contributed by atoms with E-state index in [0.29, 0.717) is 17.4 Å². The van der Waals surface area contributed by atoms with Crippen LogP contribution >= 0.6 is 0 Å². The molecule has 2 aromatic carbocycles. The van der Waals surface area contributed by atoms with E-state index in [2.05, 4.69) is 26.1 Å². The van der Waals surface area contributed by atoms with Crippen LogP contribution in [0.15, 0.2) is 48.5 Å². The van der Waals surface area contributed by atoms with Gasteiger partial charge in [-0.3, -0.25) is 0 Å². The maximum Gasteiger partial charge on any atom is 0.343 e. The second kappa shape index (κ2) is 17.2. The maximum absolute atomic E-state index is 12.5. The lowest BCUT2D eigenvalue weighted by Gasteiger charge is -2.20.